The fourth-order valence-electron chi connectivity index (χ4n) is 3.26. The quantitative estimate of drug-likeness (QED) is 0.905. The average molecular weight is 326 g/mol. The number of phenolic OH excluding ortho intramolecular Hbond substituents is 1. The number of ether oxygens (including phenoxy) is 1. The molecule has 1 heterocycles. The van der Waals surface area contributed by atoms with Crippen LogP contribution in [0.5, 0.6) is 5.75 Å². The first kappa shape index (κ1) is 13.4. The third-order valence-electron chi connectivity index (χ3n) is 4.24. The van der Waals surface area contributed by atoms with Gasteiger partial charge in [0, 0.05) is 19.1 Å². The van der Waals surface area contributed by atoms with Crippen molar-refractivity contribution in [2.45, 2.75) is 44.4 Å². The topological polar surface area (TPSA) is 32.7 Å². The number of rotatable bonds is 2. The molecule has 0 radical (unpaired) electrons. The predicted molar refractivity (Wildman–Crippen MR) is 78.2 cm³/mol. The molecule has 4 heteroatoms. The van der Waals surface area contributed by atoms with Gasteiger partial charge >= 0.3 is 0 Å². The van der Waals surface area contributed by atoms with Gasteiger partial charge < -0.3 is 9.84 Å². The molecule has 0 spiro atoms. The summed E-state index contributed by atoms with van der Waals surface area (Å²) in [6, 6.07) is 6.36. The van der Waals surface area contributed by atoms with Crippen molar-refractivity contribution in [1.29, 1.82) is 0 Å². The Morgan fingerprint density at radius 3 is 3.00 bits per heavy atom. The van der Waals surface area contributed by atoms with Crippen molar-refractivity contribution in [3.05, 3.63) is 28.2 Å². The molecule has 3 rings (SSSR count). The van der Waals surface area contributed by atoms with Gasteiger partial charge in [-0.1, -0.05) is 18.9 Å². The zero-order valence-corrected chi connectivity index (χ0v) is 12.6. The molecule has 1 N–H and O–H groups in total. The van der Waals surface area contributed by atoms with Crippen LogP contribution in [0.25, 0.3) is 0 Å². The summed E-state index contributed by atoms with van der Waals surface area (Å²) < 4.78 is 6.68. The highest BCUT2D eigenvalue weighted by molar-refractivity contribution is 9.10. The lowest BCUT2D eigenvalue weighted by Gasteiger charge is -2.43. The van der Waals surface area contributed by atoms with Crippen molar-refractivity contribution in [2.24, 2.45) is 0 Å². The Morgan fingerprint density at radius 1 is 1.32 bits per heavy atom. The molecule has 104 valence electrons. The van der Waals surface area contributed by atoms with Crippen molar-refractivity contribution in [3.8, 4) is 5.75 Å². The molecule has 19 heavy (non-hydrogen) atoms. The Labute approximate surface area is 122 Å². The minimum absolute atomic E-state index is 0.307. The Kier molecular flexibility index (Phi) is 4.10. The highest BCUT2D eigenvalue weighted by Crippen LogP contribution is 2.30. The van der Waals surface area contributed by atoms with E-state index in [0.717, 1.165) is 24.2 Å². The summed E-state index contributed by atoms with van der Waals surface area (Å²) in [5.41, 5.74) is 1.25. The van der Waals surface area contributed by atoms with Gasteiger partial charge in [-0.25, -0.2) is 0 Å². The molecule has 2 fully saturated rings. The van der Waals surface area contributed by atoms with E-state index in [1.807, 2.05) is 12.1 Å². The minimum Gasteiger partial charge on any atom is -0.507 e. The van der Waals surface area contributed by atoms with Gasteiger partial charge in [0.25, 0.3) is 0 Å². The van der Waals surface area contributed by atoms with Gasteiger partial charge in [-0.2, -0.15) is 0 Å². The van der Waals surface area contributed by atoms with Gasteiger partial charge in [0.2, 0.25) is 0 Å². The summed E-state index contributed by atoms with van der Waals surface area (Å²) >= 11 is 3.39. The van der Waals surface area contributed by atoms with E-state index >= 15 is 0 Å². The van der Waals surface area contributed by atoms with E-state index in [2.05, 4.69) is 20.8 Å². The second-order valence-electron chi connectivity index (χ2n) is 5.52. The molecule has 1 aliphatic carbocycles. The summed E-state index contributed by atoms with van der Waals surface area (Å²) in [5, 5.41) is 9.56. The predicted octanol–water partition coefficient (Wildman–Crippen LogP) is 3.30. The van der Waals surface area contributed by atoms with Crippen LogP contribution in [0.3, 0.4) is 0 Å². The second-order valence-corrected chi connectivity index (χ2v) is 6.37. The van der Waals surface area contributed by atoms with Crippen molar-refractivity contribution in [1.82, 2.24) is 4.90 Å². The number of phenols is 1. The van der Waals surface area contributed by atoms with E-state index in [-0.39, 0.29) is 0 Å². The highest BCUT2D eigenvalue weighted by Gasteiger charge is 2.33. The Bertz CT molecular complexity index is 450. The maximum absolute atomic E-state index is 9.56. The van der Waals surface area contributed by atoms with Crippen LogP contribution < -0.4 is 0 Å². The Morgan fingerprint density at radius 2 is 2.16 bits per heavy atom. The van der Waals surface area contributed by atoms with Crippen molar-refractivity contribution in [2.75, 3.05) is 13.2 Å². The average Bonchev–Trinajstić information content (AvgIpc) is 2.43. The molecule has 1 aliphatic heterocycles. The van der Waals surface area contributed by atoms with Gasteiger partial charge in [-0.3, -0.25) is 4.90 Å². The number of halogens is 1. The second kappa shape index (κ2) is 5.81. The number of fused-ring (bicyclic) bond motifs is 1. The standard InChI is InChI=1S/C15H20BrNO2/c16-12-9-11(5-6-14(12)18)10-17-7-8-19-15-4-2-1-3-13(15)17/h5-6,9,13,15,18H,1-4,7-8,10H2. The first-order chi connectivity index (χ1) is 9.24. The fourth-order valence-corrected chi connectivity index (χ4v) is 3.68. The first-order valence-electron chi connectivity index (χ1n) is 7.07. The van der Waals surface area contributed by atoms with E-state index in [1.54, 1.807) is 6.07 Å². The van der Waals surface area contributed by atoms with Crippen LogP contribution in [0.1, 0.15) is 31.2 Å². The van der Waals surface area contributed by atoms with Crippen molar-refractivity contribution >= 4 is 15.9 Å². The summed E-state index contributed by atoms with van der Waals surface area (Å²) in [6.07, 6.45) is 5.52. The molecule has 2 aliphatic rings. The fraction of sp³-hybridized carbons (Fsp3) is 0.600. The third-order valence-corrected chi connectivity index (χ3v) is 4.88. The summed E-state index contributed by atoms with van der Waals surface area (Å²) in [6.45, 7) is 2.81. The Balaban J connectivity index is 1.72. The van der Waals surface area contributed by atoms with Crippen LogP contribution in [-0.2, 0) is 11.3 Å². The maximum atomic E-state index is 9.56. The first-order valence-corrected chi connectivity index (χ1v) is 7.86. The number of morpholine rings is 1. The Hall–Kier alpha value is -0.580. The summed E-state index contributed by atoms with van der Waals surface area (Å²) in [4.78, 5) is 2.55. The van der Waals surface area contributed by atoms with Gasteiger partial charge in [0.05, 0.1) is 17.2 Å². The molecular formula is C15H20BrNO2. The molecule has 1 aromatic rings. The molecule has 2 atom stereocenters. The van der Waals surface area contributed by atoms with Crippen LogP contribution >= 0.6 is 15.9 Å². The monoisotopic (exact) mass is 325 g/mol. The number of hydrogen-bond acceptors (Lipinski definition) is 3. The normalized spacial score (nSPS) is 28.1. The van der Waals surface area contributed by atoms with Crippen molar-refractivity contribution < 1.29 is 9.84 Å². The van der Waals surface area contributed by atoms with E-state index in [1.165, 1.54) is 31.2 Å². The van der Waals surface area contributed by atoms with E-state index < -0.39 is 0 Å². The number of benzene rings is 1. The van der Waals surface area contributed by atoms with Crippen LogP contribution in [0.15, 0.2) is 22.7 Å². The molecule has 0 aromatic heterocycles. The van der Waals surface area contributed by atoms with E-state index in [4.69, 9.17) is 4.74 Å². The molecule has 0 bridgehead atoms. The molecule has 1 saturated heterocycles. The molecule has 1 aromatic carbocycles. The molecular weight excluding hydrogens is 306 g/mol. The zero-order valence-electron chi connectivity index (χ0n) is 11.0. The van der Waals surface area contributed by atoms with Gasteiger partial charge in [-0.15, -0.1) is 0 Å². The van der Waals surface area contributed by atoms with Crippen LogP contribution in [0.2, 0.25) is 0 Å². The number of hydrogen-bond donors (Lipinski definition) is 1. The molecule has 3 nitrogen and oxygen atoms in total. The minimum atomic E-state index is 0.307. The summed E-state index contributed by atoms with van der Waals surface area (Å²) in [7, 11) is 0. The molecule has 0 amide bonds. The SMILES string of the molecule is Oc1ccc(CN2CCOC3CCCCC32)cc1Br. The van der Waals surface area contributed by atoms with Gasteiger partial charge in [0.1, 0.15) is 5.75 Å². The summed E-state index contributed by atoms with van der Waals surface area (Å²) in [5.74, 6) is 0.307. The van der Waals surface area contributed by atoms with E-state index in [0.29, 0.717) is 17.9 Å². The number of nitrogens with zero attached hydrogens (tertiary/aromatic N) is 1. The maximum Gasteiger partial charge on any atom is 0.129 e. The highest BCUT2D eigenvalue weighted by atomic mass is 79.9. The van der Waals surface area contributed by atoms with Gasteiger partial charge in [-0.05, 0) is 46.5 Å². The van der Waals surface area contributed by atoms with Crippen molar-refractivity contribution in [3.63, 3.8) is 0 Å². The van der Waals surface area contributed by atoms with Crippen LogP contribution in [-0.4, -0.2) is 35.3 Å². The number of aromatic hydroxyl groups is 1. The molecule has 1 saturated carbocycles. The van der Waals surface area contributed by atoms with E-state index in [9.17, 15) is 5.11 Å². The largest absolute Gasteiger partial charge is 0.507 e. The van der Waals surface area contributed by atoms with Crippen LogP contribution in [0, 0.1) is 0 Å². The lowest BCUT2D eigenvalue weighted by Crippen LogP contribution is -2.52. The zero-order chi connectivity index (χ0) is 13.2. The van der Waals surface area contributed by atoms with Gasteiger partial charge in [0.15, 0.2) is 0 Å². The lowest BCUT2D eigenvalue weighted by molar-refractivity contribution is -0.0911. The third kappa shape index (κ3) is 2.96. The lowest BCUT2D eigenvalue weighted by atomic mass is 9.90. The smallest absolute Gasteiger partial charge is 0.129 e. The molecule has 2 unspecified atom stereocenters. The van der Waals surface area contributed by atoms with Crippen LogP contribution in [0.4, 0.5) is 0 Å².